The average molecular weight is 484 g/mol. The first-order valence-electron chi connectivity index (χ1n) is 12.0. The largest absolute Gasteiger partial charge is 0.356 e. The fourth-order valence-corrected chi connectivity index (χ4v) is 6.57. The Morgan fingerprint density at radius 1 is 1.06 bits per heavy atom. The van der Waals surface area contributed by atoms with Gasteiger partial charge in [-0.25, -0.2) is 8.42 Å². The van der Waals surface area contributed by atoms with E-state index in [-0.39, 0.29) is 28.7 Å². The van der Waals surface area contributed by atoms with Crippen LogP contribution in [-0.2, 0) is 32.5 Å². The number of hydrogen-bond donors (Lipinski definition) is 1. The second-order valence-corrected chi connectivity index (χ2v) is 11.2. The lowest BCUT2D eigenvalue weighted by Gasteiger charge is -2.30. The van der Waals surface area contributed by atoms with E-state index in [4.69, 9.17) is 0 Å². The van der Waals surface area contributed by atoms with Crippen molar-refractivity contribution in [3.63, 3.8) is 0 Å². The van der Waals surface area contributed by atoms with Crippen molar-refractivity contribution in [2.75, 3.05) is 24.5 Å². The van der Waals surface area contributed by atoms with Gasteiger partial charge in [-0.05, 0) is 68.4 Å². The SMILES string of the molecule is CC(=O)N1c2ccc(S(=O)(=O)N3CCC(C(=O)NCCCc4ccccc4)CC3)cc2CC1C. The van der Waals surface area contributed by atoms with Gasteiger partial charge in [0.2, 0.25) is 21.8 Å². The van der Waals surface area contributed by atoms with E-state index in [1.54, 1.807) is 23.1 Å². The quantitative estimate of drug-likeness (QED) is 0.613. The monoisotopic (exact) mass is 483 g/mol. The van der Waals surface area contributed by atoms with Gasteiger partial charge in [0.05, 0.1) is 4.90 Å². The van der Waals surface area contributed by atoms with Crippen molar-refractivity contribution >= 4 is 27.5 Å². The molecule has 2 aliphatic rings. The summed E-state index contributed by atoms with van der Waals surface area (Å²) < 4.78 is 28.0. The summed E-state index contributed by atoms with van der Waals surface area (Å²) in [7, 11) is -3.64. The van der Waals surface area contributed by atoms with Crippen LogP contribution in [0.15, 0.2) is 53.4 Å². The molecule has 2 aromatic carbocycles. The summed E-state index contributed by atoms with van der Waals surface area (Å²) in [4.78, 5) is 26.5. The predicted octanol–water partition coefficient (Wildman–Crippen LogP) is 3.13. The van der Waals surface area contributed by atoms with Crippen LogP contribution in [0.3, 0.4) is 0 Å². The molecule has 2 aliphatic heterocycles. The number of benzene rings is 2. The first-order chi connectivity index (χ1) is 16.3. The molecule has 1 unspecified atom stereocenters. The van der Waals surface area contributed by atoms with Crippen LogP contribution in [0.1, 0.15) is 44.2 Å². The smallest absolute Gasteiger partial charge is 0.243 e. The molecule has 0 aromatic heterocycles. The summed E-state index contributed by atoms with van der Waals surface area (Å²) in [5.74, 6) is -0.184. The predicted molar refractivity (Wildman–Crippen MR) is 132 cm³/mol. The van der Waals surface area contributed by atoms with E-state index in [1.165, 1.54) is 16.8 Å². The van der Waals surface area contributed by atoms with E-state index in [0.29, 0.717) is 38.9 Å². The third-order valence-electron chi connectivity index (χ3n) is 6.85. The molecule has 4 rings (SSSR count). The molecule has 0 aliphatic carbocycles. The van der Waals surface area contributed by atoms with E-state index < -0.39 is 10.0 Å². The Hall–Kier alpha value is -2.71. The van der Waals surface area contributed by atoms with Crippen LogP contribution in [0, 0.1) is 5.92 Å². The van der Waals surface area contributed by atoms with E-state index in [0.717, 1.165) is 24.1 Å². The number of fused-ring (bicyclic) bond motifs is 1. The number of amides is 2. The minimum Gasteiger partial charge on any atom is -0.356 e. The first-order valence-corrected chi connectivity index (χ1v) is 13.5. The lowest BCUT2D eigenvalue weighted by atomic mass is 9.97. The van der Waals surface area contributed by atoms with Crippen molar-refractivity contribution in [2.24, 2.45) is 5.92 Å². The third-order valence-corrected chi connectivity index (χ3v) is 8.75. The van der Waals surface area contributed by atoms with E-state index in [1.807, 2.05) is 25.1 Å². The van der Waals surface area contributed by atoms with Gasteiger partial charge in [0, 0.05) is 44.2 Å². The number of rotatable bonds is 7. The first kappa shape index (κ1) is 24.4. The van der Waals surface area contributed by atoms with Crippen molar-refractivity contribution in [3.05, 3.63) is 59.7 Å². The number of hydrogen-bond acceptors (Lipinski definition) is 4. The molecule has 182 valence electrons. The molecule has 0 bridgehead atoms. The third kappa shape index (κ3) is 5.18. The number of anilines is 1. The highest BCUT2D eigenvalue weighted by atomic mass is 32.2. The normalized spacial score (nSPS) is 19.1. The number of aryl methyl sites for hydroxylation is 1. The maximum Gasteiger partial charge on any atom is 0.243 e. The molecule has 0 radical (unpaired) electrons. The molecule has 1 N–H and O–H groups in total. The number of nitrogens with zero attached hydrogens (tertiary/aromatic N) is 2. The zero-order valence-corrected chi connectivity index (χ0v) is 20.7. The lowest BCUT2D eigenvalue weighted by molar-refractivity contribution is -0.126. The highest BCUT2D eigenvalue weighted by Gasteiger charge is 2.34. The minimum atomic E-state index is -3.64. The minimum absolute atomic E-state index is 0.0148. The lowest BCUT2D eigenvalue weighted by Crippen LogP contribution is -2.43. The van der Waals surface area contributed by atoms with Crippen LogP contribution in [0.25, 0.3) is 0 Å². The molecule has 8 heteroatoms. The Balaban J connectivity index is 1.30. The zero-order valence-electron chi connectivity index (χ0n) is 19.9. The molecule has 0 spiro atoms. The van der Waals surface area contributed by atoms with Crippen molar-refractivity contribution < 1.29 is 18.0 Å². The highest BCUT2D eigenvalue weighted by Crippen LogP contribution is 2.35. The van der Waals surface area contributed by atoms with Crippen LogP contribution >= 0.6 is 0 Å². The van der Waals surface area contributed by atoms with Crippen LogP contribution in [0.4, 0.5) is 5.69 Å². The Labute approximate surface area is 202 Å². The van der Waals surface area contributed by atoms with Gasteiger partial charge in [-0.2, -0.15) is 4.31 Å². The number of piperidine rings is 1. The molecule has 2 aromatic rings. The molecule has 1 atom stereocenters. The number of sulfonamides is 1. The summed E-state index contributed by atoms with van der Waals surface area (Å²) in [6.07, 6.45) is 3.47. The molecule has 2 amide bonds. The second kappa shape index (κ2) is 10.3. The number of carbonyl (C=O) groups excluding carboxylic acids is 2. The fraction of sp³-hybridized carbons (Fsp3) is 0.462. The van der Waals surface area contributed by atoms with Gasteiger partial charge in [0.1, 0.15) is 0 Å². The molecular formula is C26H33N3O4S. The molecule has 34 heavy (non-hydrogen) atoms. The molecule has 0 saturated carbocycles. The van der Waals surface area contributed by atoms with E-state index in [2.05, 4.69) is 17.4 Å². The standard InChI is InChI=1S/C26H33N3O4S/c1-19-17-23-18-24(10-11-25(23)29(19)20(2)30)34(32,33)28-15-12-22(13-16-28)26(31)27-14-6-9-21-7-4-3-5-8-21/h3-5,7-8,10-11,18-19,22H,6,9,12-17H2,1-2H3,(H,27,31). The maximum atomic E-state index is 13.3. The van der Waals surface area contributed by atoms with Crippen molar-refractivity contribution in [1.82, 2.24) is 9.62 Å². The molecule has 1 saturated heterocycles. The average Bonchev–Trinajstić information content (AvgIpc) is 3.17. The van der Waals surface area contributed by atoms with Gasteiger partial charge in [-0.3, -0.25) is 9.59 Å². The van der Waals surface area contributed by atoms with Crippen LogP contribution in [-0.4, -0.2) is 50.2 Å². The summed E-state index contributed by atoms with van der Waals surface area (Å²) in [6.45, 7) is 4.78. The topological polar surface area (TPSA) is 86.8 Å². The molecule has 2 heterocycles. The Bertz CT molecular complexity index is 1140. The van der Waals surface area contributed by atoms with E-state index in [9.17, 15) is 18.0 Å². The van der Waals surface area contributed by atoms with Gasteiger partial charge in [0.25, 0.3) is 0 Å². The summed E-state index contributed by atoms with van der Waals surface area (Å²) in [5.41, 5.74) is 2.93. The fourth-order valence-electron chi connectivity index (χ4n) is 5.05. The molecular weight excluding hydrogens is 450 g/mol. The highest BCUT2D eigenvalue weighted by molar-refractivity contribution is 7.89. The Kier molecular flexibility index (Phi) is 7.38. The van der Waals surface area contributed by atoms with Gasteiger partial charge in [-0.1, -0.05) is 30.3 Å². The van der Waals surface area contributed by atoms with Gasteiger partial charge in [0.15, 0.2) is 0 Å². The van der Waals surface area contributed by atoms with Crippen LogP contribution in [0.5, 0.6) is 0 Å². The van der Waals surface area contributed by atoms with E-state index >= 15 is 0 Å². The summed E-state index contributed by atoms with van der Waals surface area (Å²) in [6, 6.07) is 15.2. The molecule has 7 nitrogen and oxygen atoms in total. The van der Waals surface area contributed by atoms with Crippen LogP contribution in [0.2, 0.25) is 0 Å². The van der Waals surface area contributed by atoms with Crippen molar-refractivity contribution in [3.8, 4) is 0 Å². The number of carbonyl (C=O) groups is 2. The van der Waals surface area contributed by atoms with Crippen LogP contribution < -0.4 is 10.2 Å². The van der Waals surface area contributed by atoms with Crippen molar-refractivity contribution in [2.45, 2.75) is 56.9 Å². The molecule has 1 fully saturated rings. The zero-order chi connectivity index (χ0) is 24.3. The summed E-state index contributed by atoms with van der Waals surface area (Å²) in [5, 5.41) is 3.01. The van der Waals surface area contributed by atoms with Gasteiger partial charge >= 0.3 is 0 Å². The Morgan fingerprint density at radius 3 is 2.44 bits per heavy atom. The summed E-state index contributed by atoms with van der Waals surface area (Å²) >= 11 is 0. The number of nitrogens with one attached hydrogen (secondary N) is 1. The van der Waals surface area contributed by atoms with Gasteiger partial charge < -0.3 is 10.2 Å². The Morgan fingerprint density at radius 2 is 1.76 bits per heavy atom. The van der Waals surface area contributed by atoms with Gasteiger partial charge in [-0.15, -0.1) is 0 Å². The van der Waals surface area contributed by atoms with Crippen molar-refractivity contribution in [1.29, 1.82) is 0 Å². The second-order valence-electron chi connectivity index (χ2n) is 9.29. The maximum absolute atomic E-state index is 13.3.